The first kappa shape index (κ1) is 12.7. The van der Waals surface area contributed by atoms with Gasteiger partial charge < -0.3 is 5.11 Å². The molecule has 0 aliphatic carbocycles. The average Bonchev–Trinajstić information content (AvgIpc) is 2.08. The van der Waals surface area contributed by atoms with Crippen LogP contribution in [0.15, 0.2) is 22.7 Å². The minimum atomic E-state index is -0.458. The zero-order valence-electron chi connectivity index (χ0n) is 9.00. The van der Waals surface area contributed by atoms with Gasteiger partial charge in [0, 0.05) is 10.9 Å². The summed E-state index contributed by atoms with van der Waals surface area (Å²) in [6.07, 6.45) is 0.632. The summed E-state index contributed by atoms with van der Waals surface area (Å²) in [6.45, 7) is 4.09. The van der Waals surface area contributed by atoms with E-state index in [1.807, 2.05) is 13.8 Å². The van der Waals surface area contributed by atoms with Crippen LogP contribution in [-0.2, 0) is 6.42 Å². The van der Waals surface area contributed by atoms with E-state index in [1.54, 1.807) is 12.1 Å². The quantitative estimate of drug-likeness (QED) is 0.891. The molecule has 0 heterocycles. The fourth-order valence-corrected chi connectivity index (χ4v) is 1.90. The Bertz CT molecular complexity index is 325. The lowest BCUT2D eigenvalue weighted by atomic mass is 9.99. The Hall–Kier alpha value is -0.410. The van der Waals surface area contributed by atoms with Gasteiger partial charge in [0.1, 0.15) is 5.82 Å². The van der Waals surface area contributed by atoms with Gasteiger partial charge in [0.2, 0.25) is 0 Å². The number of rotatable bonds is 4. The second-order valence-electron chi connectivity index (χ2n) is 4.22. The van der Waals surface area contributed by atoms with Crippen LogP contribution in [0, 0.1) is 11.7 Å². The molecule has 0 bridgehead atoms. The van der Waals surface area contributed by atoms with Gasteiger partial charge in [-0.1, -0.05) is 35.8 Å². The van der Waals surface area contributed by atoms with E-state index in [2.05, 4.69) is 15.9 Å². The van der Waals surface area contributed by atoms with Crippen molar-refractivity contribution in [2.45, 2.75) is 32.8 Å². The zero-order valence-corrected chi connectivity index (χ0v) is 10.6. The van der Waals surface area contributed by atoms with E-state index >= 15 is 0 Å². The summed E-state index contributed by atoms with van der Waals surface area (Å²) in [7, 11) is 0. The molecule has 0 amide bonds. The molecule has 0 aliphatic heterocycles. The molecule has 0 saturated carbocycles. The van der Waals surface area contributed by atoms with Crippen LogP contribution in [0.3, 0.4) is 0 Å². The Labute approximate surface area is 98.4 Å². The van der Waals surface area contributed by atoms with Gasteiger partial charge >= 0.3 is 0 Å². The SMILES string of the molecule is CC(C)CC(O)Cc1ccc(Br)cc1F. The van der Waals surface area contributed by atoms with Crippen LogP contribution >= 0.6 is 15.9 Å². The van der Waals surface area contributed by atoms with Gasteiger partial charge in [-0.15, -0.1) is 0 Å². The number of aliphatic hydroxyl groups is 1. The van der Waals surface area contributed by atoms with Crippen LogP contribution in [0.2, 0.25) is 0 Å². The first-order chi connectivity index (χ1) is 6.99. The minimum absolute atomic E-state index is 0.257. The van der Waals surface area contributed by atoms with Gasteiger partial charge in [0.15, 0.2) is 0 Å². The molecule has 84 valence electrons. The summed E-state index contributed by atoms with van der Waals surface area (Å²) >= 11 is 3.20. The van der Waals surface area contributed by atoms with Crippen molar-refractivity contribution in [3.8, 4) is 0 Å². The van der Waals surface area contributed by atoms with E-state index in [0.717, 1.165) is 4.47 Å². The van der Waals surface area contributed by atoms with Crippen LogP contribution < -0.4 is 0 Å². The topological polar surface area (TPSA) is 20.2 Å². The van der Waals surface area contributed by atoms with Crippen molar-refractivity contribution in [1.29, 1.82) is 0 Å². The third-order valence-electron chi connectivity index (χ3n) is 2.21. The Balaban J connectivity index is 2.64. The fraction of sp³-hybridized carbons (Fsp3) is 0.500. The van der Waals surface area contributed by atoms with E-state index in [9.17, 15) is 9.50 Å². The second kappa shape index (κ2) is 5.61. The largest absolute Gasteiger partial charge is 0.393 e. The van der Waals surface area contributed by atoms with Crippen LogP contribution in [0.25, 0.3) is 0 Å². The zero-order chi connectivity index (χ0) is 11.4. The Morgan fingerprint density at radius 2 is 2.07 bits per heavy atom. The molecule has 0 aliphatic rings. The molecule has 1 nitrogen and oxygen atoms in total. The lowest BCUT2D eigenvalue weighted by Gasteiger charge is -2.13. The monoisotopic (exact) mass is 274 g/mol. The molecular weight excluding hydrogens is 259 g/mol. The molecule has 15 heavy (non-hydrogen) atoms. The molecule has 3 heteroatoms. The number of halogens is 2. The van der Waals surface area contributed by atoms with Gasteiger partial charge in [-0.25, -0.2) is 4.39 Å². The Morgan fingerprint density at radius 3 is 2.60 bits per heavy atom. The van der Waals surface area contributed by atoms with Crippen molar-refractivity contribution in [2.75, 3.05) is 0 Å². The summed E-state index contributed by atoms with van der Waals surface area (Å²) in [5.41, 5.74) is 0.575. The molecule has 1 aromatic rings. The lowest BCUT2D eigenvalue weighted by molar-refractivity contribution is 0.148. The molecule has 1 rings (SSSR count). The highest BCUT2D eigenvalue weighted by molar-refractivity contribution is 9.10. The number of benzene rings is 1. The van der Waals surface area contributed by atoms with Gasteiger partial charge in [-0.2, -0.15) is 0 Å². The smallest absolute Gasteiger partial charge is 0.127 e. The summed E-state index contributed by atoms with van der Waals surface area (Å²) in [5, 5.41) is 9.69. The Morgan fingerprint density at radius 1 is 1.40 bits per heavy atom. The summed E-state index contributed by atoms with van der Waals surface area (Å²) in [5.74, 6) is 0.172. The third kappa shape index (κ3) is 4.31. The van der Waals surface area contributed by atoms with Crippen LogP contribution in [0.4, 0.5) is 4.39 Å². The maximum atomic E-state index is 13.4. The minimum Gasteiger partial charge on any atom is -0.393 e. The lowest BCUT2D eigenvalue weighted by Crippen LogP contribution is -2.14. The van der Waals surface area contributed by atoms with E-state index in [4.69, 9.17) is 0 Å². The maximum Gasteiger partial charge on any atom is 0.127 e. The van der Waals surface area contributed by atoms with Gasteiger partial charge in [-0.3, -0.25) is 0 Å². The Kier molecular flexibility index (Phi) is 4.74. The van der Waals surface area contributed by atoms with Crippen molar-refractivity contribution in [3.05, 3.63) is 34.1 Å². The molecule has 0 aromatic heterocycles. The number of hydrogen-bond donors (Lipinski definition) is 1. The molecule has 0 radical (unpaired) electrons. The van der Waals surface area contributed by atoms with Crippen molar-refractivity contribution in [2.24, 2.45) is 5.92 Å². The summed E-state index contributed by atoms with van der Waals surface area (Å²) in [6, 6.07) is 4.93. The number of hydrogen-bond acceptors (Lipinski definition) is 1. The van der Waals surface area contributed by atoms with Crippen LogP contribution in [0.5, 0.6) is 0 Å². The molecule has 0 saturated heterocycles. The van der Waals surface area contributed by atoms with Crippen LogP contribution in [0.1, 0.15) is 25.8 Å². The first-order valence-electron chi connectivity index (χ1n) is 5.11. The first-order valence-corrected chi connectivity index (χ1v) is 5.90. The maximum absolute atomic E-state index is 13.4. The van der Waals surface area contributed by atoms with Crippen molar-refractivity contribution >= 4 is 15.9 Å². The van der Waals surface area contributed by atoms with Crippen LogP contribution in [-0.4, -0.2) is 11.2 Å². The molecule has 0 fully saturated rings. The van der Waals surface area contributed by atoms with E-state index in [1.165, 1.54) is 6.07 Å². The highest BCUT2D eigenvalue weighted by Gasteiger charge is 2.11. The summed E-state index contributed by atoms with van der Waals surface area (Å²) < 4.78 is 14.1. The van der Waals surface area contributed by atoms with Crippen molar-refractivity contribution in [1.82, 2.24) is 0 Å². The fourth-order valence-electron chi connectivity index (χ4n) is 1.57. The van der Waals surface area contributed by atoms with Crippen molar-refractivity contribution < 1.29 is 9.50 Å². The molecular formula is C12H16BrFO. The van der Waals surface area contributed by atoms with Gasteiger partial charge in [0.05, 0.1) is 6.10 Å². The van der Waals surface area contributed by atoms with E-state index in [0.29, 0.717) is 24.3 Å². The van der Waals surface area contributed by atoms with E-state index < -0.39 is 6.10 Å². The molecule has 1 atom stereocenters. The molecule has 1 aromatic carbocycles. The van der Waals surface area contributed by atoms with Gasteiger partial charge in [-0.05, 0) is 30.0 Å². The number of aliphatic hydroxyl groups excluding tert-OH is 1. The second-order valence-corrected chi connectivity index (χ2v) is 5.14. The molecule has 0 spiro atoms. The predicted octanol–water partition coefficient (Wildman–Crippen LogP) is 3.54. The molecule has 1 unspecified atom stereocenters. The van der Waals surface area contributed by atoms with E-state index in [-0.39, 0.29) is 5.82 Å². The standard InChI is InChI=1S/C12H16BrFO/c1-8(2)5-11(15)6-9-3-4-10(13)7-12(9)14/h3-4,7-8,11,15H,5-6H2,1-2H3. The highest BCUT2D eigenvalue weighted by atomic mass is 79.9. The third-order valence-corrected chi connectivity index (χ3v) is 2.71. The summed E-state index contributed by atoms with van der Waals surface area (Å²) in [4.78, 5) is 0. The predicted molar refractivity (Wildman–Crippen MR) is 63.3 cm³/mol. The van der Waals surface area contributed by atoms with Gasteiger partial charge in [0.25, 0.3) is 0 Å². The van der Waals surface area contributed by atoms with Crippen molar-refractivity contribution in [3.63, 3.8) is 0 Å². The average molecular weight is 275 g/mol. The normalized spacial score (nSPS) is 13.2. The highest BCUT2D eigenvalue weighted by Crippen LogP contribution is 2.18. The molecule has 1 N–H and O–H groups in total.